The second-order valence-corrected chi connectivity index (χ2v) is 6.06. The Morgan fingerprint density at radius 1 is 1.32 bits per heavy atom. The highest BCUT2D eigenvalue weighted by atomic mass is 16.5. The second kappa shape index (κ2) is 6.14. The van der Waals surface area contributed by atoms with E-state index in [0.29, 0.717) is 12.6 Å². The minimum atomic E-state index is 0.130. The lowest BCUT2D eigenvalue weighted by Crippen LogP contribution is -2.22. The SMILES string of the molecule is COC[C@H](C)Nc1ncc2c(-c3ccc4nc(C)cn4n3)c[nH]c2n1. The van der Waals surface area contributed by atoms with Gasteiger partial charge in [0.25, 0.3) is 0 Å². The molecule has 0 spiro atoms. The topological polar surface area (TPSA) is 93.0 Å². The van der Waals surface area contributed by atoms with Gasteiger partial charge in [0.05, 0.1) is 24.2 Å². The maximum Gasteiger partial charge on any atom is 0.224 e. The van der Waals surface area contributed by atoms with E-state index < -0.39 is 0 Å². The molecule has 0 aliphatic rings. The molecule has 1 atom stereocenters. The van der Waals surface area contributed by atoms with Crippen LogP contribution < -0.4 is 5.32 Å². The predicted octanol–water partition coefficient (Wildman–Crippen LogP) is 2.42. The third kappa shape index (κ3) is 2.91. The van der Waals surface area contributed by atoms with E-state index >= 15 is 0 Å². The molecule has 4 rings (SSSR count). The van der Waals surface area contributed by atoms with Crippen molar-refractivity contribution in [3.05, 3.63) is 36.4 Å². The maximum atomic E-state index is 5.12. The third-order valence-electron chi connectivity index (χ3n) is 3.94. The number of methoxy groups -OCH3 is 1. The Bertz CT molecular complexity index is 1040. The molecule has 0 bridgehead atoms. The lowest BCUT2D eigenvalue weighted by Gasteiger charge is -2.12. The fourth-order valence-electron chi connectivity index (χ4n) is 2.84. The summed E-state index contributed by atoms with van der Waals surface area (Å²) in [5.41, 5.74) is 4.33. The van der Waals surface area contributed by atoms with Gasteiger partial charge in [-0.3, -0.25) is 0 Å². The standard InChI is InChI=1S/C17H19N7O/c1-10-8-24-15(20-10)5-4-14(23-24)12-6-18-16-13(12)7-19-17(22-16)21-11(2)9-25-3/h4-8,11H,9H2,1-3H3,(H2,18,19,21,22)/t11-/m0/s1. The number of nitrogens with one attached hydrogen (secondary N) is 2. The average molecular weight is 337 g/mol. The van der Waals surface area contributed by atoms with Gasteiger partial charge in [0.2, 0.25) is 5.95 Å². The lowest BCUT2D eigenvalue weighted by molar-refractivity contribution is 0.190. The van der Waals surface area contributed by atoms with Gasteiger partial charge >= 0.3 is 0 Å². The summed E-state index contributed by atoms with van der Waals surface area (Å²) in [6.45, 7) is 4.56. The highest BCUT2D eigenvalue weighted by Gasteiger charge is 2.12. The van der Waals surface area contributed by atoms with E-state index in [9.17, 15) is 0 Å². The van der Waals surface area contributed by atoms with Crippen molar-refractivity contribution in [1.82, 2.24) is 29.5 Å². The second-order valence-electron chi connectivity index (χ2n) is 6.06. The van der Waals surface area contributed by atoms with E-state index in [2.05, 4.69) is 30.4 Å². The molecular weight excluding hydrogens is 318 g/mol. The zero-order valence-electron chi connectivity index (χ0n) is 14.3. The van der Waals surface area contributed by atoms with Crippen LogP contribution in [0.2, 0.25) is 0 Å². The van der Waals surface area contributed by atoms with Crippen LogP contribution >= 0.6 is 0 Å². The fourth-order valence-corrected chi connectivity index (χ4v) is 2.84. The third-order valence-corrected chi connectivity index (χ3v) is 3.94. The number of H-pyrrole nitrogens is 1. The predicted molar refractivity (Wildman–Crippen MR) is 95.6 cm³/mol. The summed E-state index contributed by atoms with van der Waals surface area (Å²) in [6.07, 6.45) is 5.62. The summed E-state index contributed by atoms with van der Waals surface area (Å²) in [6, 6.07) is 4.04. The number of anilines is 1. The minimum absolute atomic E-state index is 0.130. The van der Waals surface area contributed by atoms with Crippen LogP contribution in [0.15, 0.2) is 30.7 Å². The highest BCUT2D eigenvalue weighted by molar-refractivity contribution is 5.92. The molecule has 4 aromatic rings. The van der Waals surface area contributed by atoms with E-state index in [1.807, 2.05) is 38.4 Å². The van der Waals surface area contributed by atoms with Crippen LogP contribution in [0.1, 0.15) is 12.6 Å². The first kappa shape index (κ1) is 15.5. The first-order valence-electron chi connectivity index (χ1n) is 8.07. The molecule has 0 aromatic carbocycles. The number of fused-ring (bicyclic) bond motifs is 2. The normalized spacial score (nSPS) is 12.8. The van der Waals surface area contributed by atoms with Crippen LogP contribution in [0.5, 0.6) is 0 Å². The van der Waals surface area contributed by atoms with Crippen molar-refractivity contribution in [2.24, 2.45) is 0 Å². The molecule has 128 valence electrons. The van der Waals surface area contributed by atoms with E-state index in [1.165, 1.54) is 0 Å². The molecule has 25 heavy (non-hydrogen) atoms. The van der Waals surface area contributed by atoms with E-state index in [0.717, 1.165) is 33.6 Å². The van der Waals surface area contributed by atoms with Crippen molar-refractivity contribution in [2.45, 2.75) is 19.9 Å². The van der Waals surface area contributed by atoms with Crippen LogP contribution in [0.3, 0.4) is 0 Å². The molecule has 4 aromatic heterocycles. The lowest BCUT2D eigenvalue weighted by atomic mass is 10.2. The molecule has 0 amide bonds. The molecule has 0 fully saturated rings. The molecule has 4 heterocycles. The Balaban J connectivity index is 1.70. The number of nitrogens with zero attached hydrogens (tertiary/aromatic N) is 5. The highest BCUT2D eigenvalue weighted by Crippen LogP contribution is 2.26. The molecule has 2 N–H and O–H groups in total. The Morgan fingerprint density at radius 3 is 3.04 bits per heavy atom. The van der Waals surface area contributed by atoms with E-state index in [1.54, 1.807) is 17.8 Å². The minimum Gasteiger partial charge on any atom is -0.383 e. The first-order valence-corrected chi connectivity index (χ1v) is 8.07. The quantitative estimate of drug-likeness (QED) is 0.581. The van der Waals surface area contributed by atoms with Gasteiger partial charge in [-0.25, -0.2) is 14.5 Å². The van der Waals surface area contributed by atoms with Crippen molar-refractivity contribution < 1.29 is 4.74 Å². The number of aromatic amines is 1. The summed E-state index contributed by atoms with van der Waals surface area (Å²) in [5.74, 6) is 0.569. The van der Waals surface area contributed by atoms with Crippen LogP contribution in [0.4, 0.5) is 5.95 Å². The van der Waals surface area contributed by atoms with Gasteiger partial charge in [0, 0.05) is 36.5 Å². The number of rotatable bonds is 5. The Kier molecular flexibility index (Phi) is 3.81. The molecule has 8 heteroatoms. The number of aromatic nitrogens is 6. The summed E-state index contributed by atoms with van der Waals surface area (Å²) in [5, 5.41) is 8.77. The van der Waals surface area contributed by atoms with Crippen LogP contribution in [0.25, 0.3) is 27.9 Å². The van der Waals surface area contributed by atoms with Crippen molar-refractivity contribution in [3.63, 3.8) is 0 Å². The van der Waals surface area contributed by atoms with E-state index in [4.69, 9.17) is 4.74 Å². The Hall–Kier alpha value is -3.00. The van der Waals surface area contributed by atoms with Gasteiger partial charge in [0.1, 0.15) is 5.65 Å². The molecule has 0 unspecified atom stereocenters. The molecular formula is C17H19N7O. The molecule has 8 nitrogen and oxygen atoms in total. The van der Waals surface area contributed by atoms with Gasteiger partial charge in [0.15, 0.2) is 5.65 Å². The average Bonchev–Trinajstić information content (AvgIpc) is 3.16. The van der Waals surface area contributed by atoms with Gasteiger partial charge in [-0.1, -0.05) is 0 Å². The van der Waals surface area contributed by atoms with Crippen molar-refractivity contribution in [3.8, 4) is 11.3 Å². The zero-order valence-corrected chi connectivity index (χ0v) is 14.3. The number of ether oxygens (including phenoxy) is 1. The molecule has 0 saturated heterocycles. The summed E-state index contributed by atoms with van der Waals surface area (Å²) in [4.78, 5) is 16.5. The van der Waals surface area contributed by atoms with Crippen LogP contribution in [-0.4, -0.2) is 49.3 Å². The van der Waals surface area contributed by atoms with E-state index in [-0.39, 0.29) is 6.04 Å². The Labute approximate surface area is 144 Å². The summed E-state index contributed by atoms with van der Waals surface area (Å²) in [7, 11) is 1.67. The molecule has 0 saturated carbocycles. The van der Waals surface area contributed by atoms with Gasteiger partial charge in [-0.15, -0.1) is 0 Å². The Morgan fingerprint density at radius 2 is 2.20 bits per heavy atom. The smallest absolute Gasteiger partial charge is 0.224 e. The summed E-state index contributed by atoms with van der Waals surface area (Å²) >= 11 is 0. The molecule has 0 aliphatic heterocycles. The van der Waals surface area contributed by atoms with Crippen molar-refractivity contribution >= 4 is 22.6 Å². The first-order chi connectivity index (χ1) is 12.1. The van der Waals surface area contributed by atoms with Gasteiger partial charge in [-0.05, 0) is 26.0 Å². The fraction of sp³-hybridized carbons (Fsp3) is 0.294. The van der Waals surface area contributed by atoms with Gasteiger partial charge < -0.3 is 15.0 Å². The maximum absolute atomic E-state index is 5.12. The van der Waals surface area contributed by atoms with Crippen LogP contribution in [-0.2, 0) is 4.74 Å². The monoisotopic (exact) mass is 337 g/mol. The molecule has 0 radical (unpaired) electrons. The summed E-state index contributed by atoms with van der Waals surface area (Å²) < 4.78 is 6.90. The number of hydrogen-bond acceptors (Lipinski definition) is 6. The largest absolute Gasteiger partial charge is 0.383 e. The number of imidazole rings is 1. The van der Waals surface area contributed by atoms with Gasteiger partial charge in [-0.2, -0.15) is 10.1 Å². The number of aryl methyl sites for hydroxylation is 1. The van der Waals surface area contributed by atoms with Crippen LogP contribution in [0, 0.1) is 6.92 Å². The molecule has 0 aliphatic carbocycles. The number of hydrogen-bond donors (Lipinski definition) is 2. The zero-order chi connectivity index (χ0) is 17.4. The van der Waals surface area contributed by atoms with Crippen molar-refractivity contribution in [1.29, 1.82) is 0 Å². The van der Waals surface area contributed by atoms with Crippen molar-refractivity contribution in [2.75, 3.05) is 19.0 Å².